The molecular weight excluding hydrogens is 302 g/mol. The molecule has 8 heteroatoms. The molecule has 0 amide bonds. The van der Waals surface area contributed by atoms with E-state index in [1.807, 2.05) is 0 Å². The van der Waals surface area contributed by atoms with Crippen LogP contribution in [-0.4, -0.2) is 79.0 Å². The first-order valence-electron chi connectivity index (χ1n) is 7.90. The van der Waals surface area contributed by atoms with Crippen molar-refractivity contribution in [2.24, 2.45) is 5.41 Å². The molecule has 3 heterocycles. The van der Waals surface area contributed by atoms with Crippen molar-refractivity contribution in [3.05, 3.63) is 0 Å². The predicted molar refractivity (Wildman–Crippen MR) is 87.7 cm³/mol. The third-order valence-electron chi connectivity index (χ3n) is 4.70. The van der Waals surface area contributed by atoms with E-state index in [4.69, 9.17) is 4.74 Å². The zero-order valence-electron chi connectivity index (χ0n) is 13.1. The van der Waals surface area contributed by atoms with Gasteiger partial charge in [0.2, 0.25) is 11.1 Å². The minimum absolute atomic E-state index is 0.0997. The highest BCUT2D eigenvalue weighted by molar-refractivity contribution is 7.09. The molecule has 0 radical (unpaired) electrons. The maximum Gasteiger partial charge on any atom is 0.236 e. The summed E-state index contributed by atoms with van der Waals surface area (Å²) in [5.74, 6) is 0.679. The van der Waals surface area contributed by atoms with Crippen molar-refractivity contribution >= 4 is 22.6 Å². The first-order chi connectivity index (χ1) is 10.7. The molecule has 1 aromatic heterocycles. The number of ether oxygens (including phenoxy) is 1. The molecule has 0 aromatic carbocycles. The molecular formula is C14H25N5O2S. The van der Waals surface area contributed by atoms with Crippen LogP contribution in [0.1, 0.15) is 12.8 Å². The summed E-state index contributed by atoms with van der Waals surface area (Å²) >= 11 is 1.45. The Morgan fingerprint density at radius 1 is 1.27 bits per heavy atom. The lowest BCUT2D eigenvalue weighted by molar-refractivity contribution is -0.00864. The zero-order valence-corrected chi connectivity index (χ0v) is 13.9. The van der Waals surface area contributed by atoms with Crippen molar-refractivity contribution in [2.45, 2.75) is 12.8 Å². The molecule has 124 valence electrons. The Bertz CT molecular complexity index is 470. The molecule has 0 unspecified atom stereocenters. The van der Waals surface area contributed by atoms with E-state index in [0.717, 1.165) is 57.4 Å². The van der Waals surface area contributed by atoms with Gasteiger partial charge in [-0.25, -0.2) is 0 Å². The molecule has 3 rings (SSSR count). The van der Waals surface area contributed by atoms with Crippen LogP contribution in [0.25, 0.3) is 0 Å². The maximum atomic E-state index is 9.71. The molecule has 2 saturated heterocycles. The van der Waals surface area contributed by atoms with Crippen LogP contribution in [-0.2, 0) is 4.74 Å². The second-order valence-corrected chi connectivity index (χ2v) is 7.05. The second kappa shape index (κ2) is 7.08. The van der Waals surface area contributed by atoms with E-state index in [9.17, 15) is 5.11 Å². The van der Waals surface area contributed by atoms with Crippen LogP contribution in [0.3, 0.4) is 0 Å². The number of rotatable bonds is 5. The van der Waals surface area contributed by atoms with E-state index in [1.165, 1.54) is 11.5 Å². The first kappa shape index (κ1) is 15.9. The molecule has 0 atom stereocenters. The van der Waals surface area contributed by atoms with Gasteiger partial charge in [0.25, 0.3) is 0 Å². The molecule has 0 spiro atoms. The monoisotopic (exact) mass is 327 g/mol. The number of nitrogens with one attached hydrogen (secondary N) is 1. The van der Waals surface area contributed by atoms with Crippen molar-refractivity contribution in [1.82, 2.24) is 14.3 Å². The lowest BCUT2D eigenvalue weighted by atomic mass is 9.81. The van der Waals surface area contributed by atoms with Crippen LogP contribution in [0, 0.1) is 5.41 Å². The third-order valence-corrected chi connectivity index (χ3v) is 5.48. The van der Waals surface area contributed by atoms with Crippen LogP contribution in [0.5, 0.6) is 0 Å². The van der Waals surface area contributed by atoms with Gasteiger partial charge in [0.05, 0.1) is 6.61 Å². The highest BCUT2D eigenvalue weighted by Gasteiger charge is 2.32. The van der Waals surface area contributed by atoms with E-state index in [1.54, 1.807) is 0 Å². The molecule has 0 aliphatic carbocycles. The fraction of sp³-hybridized carbons (Fsp3) is 0.857. The van der Waals surface area contributed by atoms with Crippen molar-refractivity contribution in [3.8, 4) is 0 Å². The number of nitrogens with zero attached hydrogens (tertiary/aromatic N) is 4. The highest BCUT2D eigenvalue weighted by Crippen LogP contribution is 2.30. The number of hydrogen-bond donors (Lipinski definition) is 2. The summed E-state index contributed by atoms with van der Waals surface area (Å²) in [6, 6.07) is 0. The van der Waals surface area contributed by atoms with Gasteiger partial charge in [0, 0.05) is 62.9 Å². The van der Waals surface area contributed by atoms with Crippen LogP contribution in [0.15, 0.2) is 0 Å². The average Bonchev–Trinajstić information content (AvgIpc) is 3.04. The molecule has 1 aromatic rings. The Morgan fingerprint density at radius 3 is 2.68 bits per heavy atom. The third kappa shape index (κ3) is 3.68. The summed E-state index contributed by atoms with van der Waals surface area (Å²) in [7, 11) is 2.15. The fourth-order valence-corrected chi connectivity index (χ4v) is 3.57. The van der Waals surface area contributed by atoms with E-state index < -0.39 is 0 Å². The number of hydrogen-bond acceptors (Lipinski definition) is 8. The van der Waals surface area contributed by atoms with E-state index in [2.05, 4.69) is 31.5 Å². The minimum Gasteiger partial charge on any atom is -0.396 e. The van der Waals surface area contributed by atoms with Crippen molar-refractivity contribution in [1.29, 1.82) is 0 Å². The number of piperazine rings is 1. The minimum atomic E-state index is -0.0997. The fourth-order valence-electron chi connectivity index (χ4n) is 2.88. The summed E-state index contributed by atoms with van der Waals surface area (Å²) in [4.78, 5) is 9.22. The van der Waals surface area contributed by atoms with E-state index in [0.29, 0.717) is 12.5 Å². The van der Waals surface area contributed by atoms with Gasteiger partial charge in [-0.3, -0.25) is 0 Å². The van der Waals surface area contributed by atoms with Crippen LogP contribution >= 0.6 is 11.5 Å². The van der Waals surface area contributed by atoms with Crippen molar-refractivity contribution in [2.75, 3.05) is 69.8 Å². The molecule has 2 aliphatic heterocycles. The van der Waals surface area contributed by atoms with Gasteiger partial charge < -0.3 is 25.0 Å². The van der Waals surface area contributed by atoms with Crippen LogP contribution in [0.2, 0.25) is 0 Å². The van der Waals surface area contributed by atoms with Gasteiger partial charge >= 0.3 is 0 Å². The van der Waals surface area contributed by atoms with Gasteiger partial charge in [-0.05, 0) is 19.9 Å². The number of aromatic nitrogens is 2. The normalized spacial score (nSPS) is 22.7. The first-order valence-corrected chi connectivity index (χ1v) is 8.68. The largest absolute Gasteiger partial charge is 0.396 e. The van der Waals surface area contributed by atoms with Gasteiger partial charge in [-0.2, -0.15) is 9.36 Å². The quantitative estimate of drug-likeness (QED) is 0.815. The van der Waals surface area contributed by atoms with Gasteiger partial charge in [0.1, 0.15) is 0 Å². The topological polar surface area (TPSA) is 73.8 Å². The SMILES string of the molecule is CN1CCN(c2nc(NCC3(CO)CCOCC3)ns2)CC1. The molecule has 22 heavy (non-hydrogen) atoms. The van der Waals surface area contributed by atoms with Crippen molar-refractivity contribution in [3.63, 3.8) is 0 Å². The summed E-state index contributed by atoms with van der Waals surface area (Å²) in [5, 5.41) is 14.0. The molecule has 0 saturated carbocycles. The summed E-state index contributed by atoms with van der Waals surface area (Å²) < 4.78 is 9.80. The zero-order chi connectivity index (χ0) is 15.4. The number of aliphatic hydroxyl groups excluding tert-OH is 1. The highest BCUT2D eigenvalue weighted by atomic mass is 32.1. The summed E-state index contributed by atoms with van der Waals surface area (Å²) in [6.07, 6.45) is 1.76. The Hall–Kier alpha value is -0.960. The van der Waals surface area contributed by atoms with E-state index in [-0.39, 0.29) is 12.0 Å². The molecule has 0 bridgehead atoms. The summed E-state index contributed by atoms with van der Waals surface area (Å²) in [6.45, 7) is 6.46. The lowest BCUT2D eigenvalue weighted by Gasteiger charge is -2.35. The molecule has 2 fully saturated rings. The smallest absolute Gasteiger partial charge is 0.236 e. The lowest BCUT2D eigenvalue weighted by Crippen LogP contribution is -2.44. The molecule has 2 aliphatic rings. The predicted octanol–water partition coefficient (Wildman–Crippen LogP) is 0.491. The van der Waals surface area contributed by atoms with Gasteiger partial charge in [0.15, 0.2) is 0 Å². The van der Waals surface area contributed by atoms with E-state index >= 15 is 0 Å². The molecule has 7 nitrogen and oxygen atoms in total. The van der Waals surface area contributed by atoms with Crippen molar-refractivity contribution < 1.29 is 9.84 Å². The Labute approximate surface area is 135 Å². The standard InChI is InChI=1S/C14H25N5O2S/c1-18-4-6-19(7-5-18)13-16-12(17-22-13)15-10-14(11-20)2-8-21-9-3-14/h20H,2-11H2,1H3,(H,15,17). The Morgan fingerprint density at radius 2 is 2.00 bits per heavy atom. The van der Waals surface area contributed by atoms with Gasteiger partial charge in [-0.1, -0.05) is 0 Å². The Balaban J connectivity index is 1.55. The molecule has 2 N–H and O–H groups in total. The number of aliphatic hydroxyl groups is 1. The average molecular weight is 327 g/mol. The van der Waals surface area contributed by atoms with Crippen LogP contribution < -0.4 is 10.2 Å². The number of likely N-dealkylation sites (N-methyl/N-ethyl adjacent to an activating group) is 1. The van der Waals surface area contributed by atoms with Crippen LogP contribution in [0.4, 0.5) is 11.1 Å². The summed E-state index contributed by atoms with van der Waals surface area (Å²) in [5.41, 5.74) is -0.0997. The van der Waals surface area contributed by atoms with Gasteiger partial charge in [-0.15, -0.1) is 0 Å². The number of anilines is 2. The second-order valence-electron chi connectivity index (χ2n) is 6.31. The Kier molecular flexibility index (Phi) is 5.12. The maximum absolute atomic E-state index is 9.71.